The van der Waals surface area contributed by atoms with E-state index in [1.54, 1.807) is 4.90 Å². The number of likely N-dealkylation sites (tertiary alicyclic amines) is 1. The van der Waals surface area contributed by atoms with Gasteiger partial charge in [-0.1, -0.05) is 47.5 Å². The zero-order chi connectivity index (χ0) is 20.1. The number of hydrogen-bond acceptors (Lipinski definition) is 3. The second-order valence-electron chi connectivity index (χ2n) is 7.44. The molecule has 146 valence electrons. The van der Waals surface area contributed by atoms with Crippen molar-refractivity contribution in [1.82, 2.24) is 10.2 Å². The molecule has 2 amide bonds. The van der Waals surface area contributed by atoms with E-state index in [0.717, 1.165) is 16.7 Å². The quantitative estimate of drug-likeness (QED) is 0.813. The van der Waals surface area contributed by atoms with Crippen molar-refractivity contribution < 1.29 is 14.4 Å². The Morgan fingerprint density at radius 3 is 2.14 bits per heavy atom. The van der Waals surface area contributed by atoms with Gasteiger partial charge in [0, 0.05) is 30.1 Å². The summed E-state index contributed by atoms with van der Waals surface area (Å²) in [6.07, 6.45) is 1.31. The van der Waals surface area contributed by atoms with E-state index in [4.69, 9.17) is 0 Å². The summed E-state index contributed by atoms with van der Waals surface area (Å²) in [5.41, 5.74) is 3.33. The average molecular weight is 378 g/mol. The molecule has 0 atom stereocenters. The van der Waals surface area contributed by atoms with Gasteiger partial charge in [0.1, 0.15) is 0 Å². The van der Waals surface area contributed by atoms with E-state index in [-0.39, 0.29) is 30.1 Å². The molecular formula is C23H26N2O3. The lowest BCUT2D eigenvalue weighted by molar-refractivity contribution is -0.131. The number of nitrogens with one attached hydrogen (secondary N) is 1. The summed E-state index contributed by atoms with van der Waals surface area (Å²) in [5.74, 6) is -0.246. The topological polar surface area (TPSA) is 66.5 Å². The molecule has 2 aromatic rings. The molecule has 28 heavy (non-hydrogen) atoms. The number of aryl methyl sites for hydroxylation is 2. The number of benzene rings is 2. The van der Waals surface area contributed by atoms with Crippen molar-refractivity contribution in [2.24, 2.45) is 5.92 Å². The predicted octanol–water partition coefficient (Wildman–Crippen LogP) is 3.15. The van der Waals surface area contributed by atoms with Gasteiger partial charge in [0.15, 0.2) is 5.78 Å². The van der Waals surface area contributed by atoms with Crippen LogP contribution in [0.5, 0.6) is 0 Å². The summed E-state index contributed by atoms with van der Waals surface area (Å²) >= 11 is 0. The summed E-state index contributed by atoms with van der Waals surface area (Å²) in [7, 11) is 0. The van der Waals surface area contributed by atoms with Crippen LogP contribution in [0.4, 0.5) is 0 Å². The smallest absolute Gasteiger partial charge is 0.251 e. The van der Waals surface area contributed by atoms with E-state index in [1.807, 2.05) is 62.4 Å². The fraction of sp³-hybridized carbons (Fsp3) is 0.348. The Morgan fingerprint density at radius 2 is 1.54 bits per heavy atom. The molecule has 1 aliphatic heterocycles. The summed E-state index contributed by atoms with van der Waals surface area (Å²) in [6.45, 7) is 4.94. The van der Waals surface area contributed by atoms with Gasteiger partial charge >= 0.3 is 0 Å². The highest BCUT2D eigenvalue weighted by atomic mass is 16.2. The lowest BCUT2D eigenvalue weighted by Crippen LogP contribution is -2.45. The van der Waals surface area contributed by atoms with Crippen molar-refractivity contribution in [3.63, 3.8) is 0 Å². The van der Waals surface area contributed by atoms with E-state index < -0.39 is 0 Å². The molecule has 0 unspecified atom stereocenters. The second kappa shape index (κ2) is 8.83. The van der Waals surface area contributed by atoms with E-state index in [2.05, 4.69) is 5.32 Å². The van der Waals surface area contributed by atoms with Crippen LogP contribution >= 0.6 is 0 Å². The first-order valence-electron chi connectivity index (χ1n) is 9.67. The molecule has 3 rings (SSSR count). The van der Waals surface area contributed by atoms with E-state index in [9.17, 15) is 14.4 Å². The Bertz CT molecular complexity index is 848. The summed E-state index contributed by atoms with van der Waals surface area (Å²) in [5, 5.41) is 2.71. The molecule has 1 heterocycles. The van der Waals surface area contributed by atoms with Gasteiger partial charge in [-0.25, -0.2) is 0 Å². The number of ketones is 1. The van der Waals surface area contributed by atoms with Crippen LogP contribution in [0.2, 0.25) is 0 Å². The van der Waals surface area contributed by atoms with Crippen LogP contribution in [0, 0.1) is 19.8 Å². The molecule has 1 fully saturated rings. The molecule has 5 nitrogen and oxygen atoms in total. The summed E-state index contributed by atoms with van der Waals surface area (Å²) in [4.78, 5) is 39.0. The van der Waals surface area contributed by atoms with Crippen molar-refractivity contribution in [3.8, 4) is 0 Å². The molecule has 5 heteroatoms. The number of Topliss-reactive ketones (excluding diaryl/α,β-unsaturated/α-hetero) is 1. The van der Waals surface area contributed by atoms with Gasteiger partial charge in [0.2, 0.25) is 5.91 Å². The Kier molecular flexibility index (Phi) is 6.24. The van der Waals surface area contributed by atoms with E-state index >= 15 is 0 Å². The predicted molar refractivity (Wildman–Crippen MR) is 108 cm³/mol. The molecule has 0 aliphatic carbocycles. The molecule has 1 saturated heterocycles. The first kappa shape index (κ1) is 19.8. The number of carbonyl (C=O) groups is 3. The van der Waals surface area contributed by atoms with E-state index in [1.165, 1.54) is 0 Å². The third-order valence-electron chi connectivity index (χ3n) is 5.16. The molecule has 0 radical (unpaired) electrons. The molecule has 0 spiro atoms. The van der Waals surface area contributed by atoms with Gasteiger partial charge in [-0.15, -0.1) is 0 Å². The Balaban J connectivity index is 1.49. The van der Waals surface area contributed by atoms with Gasteiger partial charge in [-0.05, 0) is 38.8 Å². The van der Waals surface area contributed by atoms with Crippen LogP contribution in [0.25, 0.3) is 0 Å². The number of nitrogens with zero attached hydrogens (tertiary/aromatic N) is 1. The number of hydrogen-bond donors (Lipinski definition) is 1. The highest BCUT2D eigenvalue weighted by molar-refractivity contribution is 5.98. The third-order valence-corrected chi connectivity index (χ3v) is 5.16. The van der Waals surface area contributed by atoms with Crippen LogP contribution in [-0.2, 0) is 4.79 Å². The number of amides is 2. The zero-order valence-electron chi connectivity index (χ0n) is 16.4. The van der Waals surface area contributed by atoms with Gasteiger partial charge in [0.25, 0.3) is 5.91 Å². The number of rotatable bonds is 5. The maximum atomic E-state index is 12.5. The largest absolute Gasteiger partial charge is 0.343 e. The Hall–Kier alpha value is -2.95. The summed E-state index contributed by atoms with van der Waals surface area (Å²) < 4.78 is 0. The van der Waals surface area contributed by atoms with Crippen LogP contribution in [0.1, 0.15) is 44.7 Å². The minimum absolute atomic E-state index is 0.0247. The fourth-order valence-electron chi connectivity index (χ4n) is 3.70. The third kappa shape index (κ3) is 4.85. The van der Waals surface area contributed by atoms with E-state index in [0.29, 0.717) is 31.5 Å². The SMILES string of the molecule is Cc1cc(C)cc(C(=O)NCC(=O)N2CCC(C(=O)c3ccccc3)CC2)c1. The van der Waals surface area contributed by atoms with Crippen LogP contribution in [-0.4, -0.2) is 42.1 Å². The van der Waals surface area contributed by atoms with Crippen LogP contribution in [0.15, 0.2) is 48.5 Å². The highest BCUT2D eigenvalue weighted by Gasteiger charge is 2.27. The highest BCUT2D eigenvalue weighted by Crippen LogP contribution is 2.21. The van der Waals surface area contributed by atoms with Gasteiger partial charge in [0.05, 0.1) is 6.54 Å². The molecule has 2 aromatic carbocycles. The maximum absolute atomic E-state index is 12.5. The molecule has 0 saturated carbocycles. The maximum Gasteiger partial charge on any atom is 0.251 e. The normalized spacial score (nSPS) is 14.6. The average Bonchev–Trinajstić information content (AvgIpc) is 2.71. The van der Waals surface area contributed by atoms with Crippen molar-refractivity contribution in [3.05, 3.63) is 70.8 Å². The fourth-order valence-corrected chi connectivity index (χ4v) is 3.70. The Morgan fingerprint density at radius 1 is 0.929 bits per heavy atom. The van der Waals surface area contributed by atoms with Gasteiger partial charge in [-0.3, -0.25) is 14.4 Å². The lowest BCUT2D eigenvalue weighted by Gasteiger charge is -2.31. The van der Waals surface area contributed by atoms with Gasteiger partial charge in [-0.2, -0.15) is 0 Å². The van der Waals surface area contributed by atoms with Crippen molar-refractivity contribution in [2.75, 3.05) is 19.6 Å². The van der Waals surface area contributed by atoms with Crippen LogP contribution in [0.3, 0.4) is 0 Å². The number of piperidine rings is 1. The molecule has 1 aliphatic rings. The van der Waals surface area contributed by atoms with Crippen molar-refractivity contribution in [2.45, 2.75) is 26.7 Å². The molecule has 0 bridgehead atoms. The van der Waals surface area contributed by atoms with Crippen LogP contribution < -0.4 is 5.32 Å². The van der Waals surface area contributed by atoms with Crippen molar-refractivity contribution >= 4 is 17.6 Å². The minimum atomic E-state index is -0.241. The Labute approximate surface area is 165 Å². The monoisotopic (exact) mass is 378 g/mol. The first-order valence-corrected chi connectivity index (χ1v) is 9.67. The first-order chi connectivity index (χ1) is 13.4. The molecule has 1 N–H and O–H groups in total. The number of carbonyl (C=O) groups excluding carboxylic acids is 3. The molecular weight excluding hydrogens is 352 g/mol. The standard InChI is InChI=1S/C23H26N2O3/c1-16-12-17(2)14-20(13-16)23(28)24-15-21(26)25-10-8-19(9-11-25)22(27)18-6-4-3-5-7-18/h3-7,12-14,19H,8-11,15H2,1-2H3,(H,24,28). The zero-order valence-corrected chi connectivity index (χ0v) is 16.4. The second-order valence-corrected chi connectivity index (χ2v) is 7.44. The lowest BCUT2D eigenvalue weighted by atomic mass is 9.89. The minimum Gasteiger partial charge on any atom is -0.343 e. The van der Waals surface area contributed by atoms with Gasteiger partial charge < -0.3 is 10.2 Å². The molecule has 0 aromatic heterocycles. The van der Waals surface area contributed by atoms with Crippen molar-refractivity contribution in [1.29, 1.82) is 0 Å². The summed E-state index contributed by atoms with van der Waals surface area (Å²) in [6, 6.07) is 14.9.